The third kappa shape index (κ3) is 1.38. The first-order valence-electron chi connectivity index (χ1n) is 4.32. The molecule has 0 aliphatic rings. The van der Waals surface area contributed by atoms with E-state index in [9.17, 15) is 9.59 Å². The summed E-state index contributed by atoms with van der Waals surface area (Å²) >= 11 is 0. The van der Waals surface area contributed by atoms with E-state index in [2.05, 4.69) is 5.10 Å². The highest BCUT2D eigenvalue weighted by Crippen LogP contribution is 2.18. The van der Waals surface area contributed by atoms with Crippen LogP contribution in [0.15, 0.2) is 24.4 Å². The van der Waals surface area contributed by atoms with Gasteiger partial charge in [0.25, 0.3) is 0 Å². The van der Waals surface area contributed by atoms with Crippen molar-refractivity contribution in [2.75, 3.05) is 0 Å². The summed E-state index contributed by atoms with van der Waals surface area (Å²) in [5.74, 6) is -1.27. The maximum atomic E-state index is 11.2. The SMILES string of the molecule is CC(=O)n1ncc2c(C(=O)O)cccc21. The van der Waals surface area contributed by atoms with Gasteiger partial charge in [0.1, 0.15) is 0 Å². The van der Waals surface area contributed by atoms with Crippen molar-refractivity contribution in [1.29, 1.82) is 0 Å². The third-order valence-corrected chi connectivity index (χ3v) is 2.14. The van der Waals surface area contributed by atoms with E-state index in [0.717, 1.165) is 0 Å². The highest BCUT2D eigenvalue weighted by molar-refractivity contribution is 6.04. The summed E-state index contributed by atoms with van der Waals surface area (Å²) in [4.78, 5) is 22.0. The molecule has 0 spiro atoms. The summed E-state index contributed by atoms with van der Waals surface area (Å²) in [6.07, 6.45) is 1.39. The number of carbonyl (C=O) groups excluding carboxylic acids is 1. The average molecular weight is 204 g/mol. The molecule has 5 nitrogen and oxygen atoms in total. The average Bonchev–Trinajstić information content (AvgIpc) is 2.59. The van der Waals surface area contributed by atoms with Gasteiger partial charge >= 0.3 is 5.97 Å². The van der Waals surface area contributed by atoms with Gasteiger partial charge in [-0.15, -0.1) is 0 Å². The molecule has 0 unspecified atom stereocenters. The van der Waals surface area contributed by atoms with Gasteiger partial charge < -0.3 is 5.11 Å². The van der Waals surface area contributed by atoms with Crippen LogP contribution in [0.1, 0.15) is 22.1 Å². The van der Waals surface area contributed by atoms with Crippen LogP contribution in [0, 0.1) is 0 Å². The normalized spacial score (nSPS) is 10.5. The largest absolute Gasteiger partial charge is 0.478 e. The number of aromatic carboxylic acids is 1. The quantitative estimate of drug-likeness (QED) is 0.761. The first-order chi connectivity index (χ1) is 7.11. The van der Waals surface area contributed by atoms with Gasteiger partial charge in [-0.1, -0.05) is 6.07 Å². The number of carboxylic acid groups (broad SMARTS) is 1. The standard InChI is InChI=1S/C10H8N2O3/c1-6(13)12-9-4-2-3-7(10(14)15)8(9)5-11-12/h2-5H,1H3,(H,14,15). The smallest absolute Gasteiger partial charge is 0.336 e. The Labute approximate surface area is 84.9 Å². The minimum Gasteiger partial charge on any atom is -0.478 e. The molecule has 2 aromatic rings. The van der Waals surface area contributed by atoms with E-state index in [-0.39, 0.29) is 11.5 Å². The zero-order valence-corrected chi connectivity index (χ0v) is 7.97. The predicted octanol–water partition coefficient (Wildman–Crippen LogP) is 1.39. The summed E-state index contributed by atoms with van der Waals surface area (Å²) in [7, 11) is 0. The molecule has 0 radical (unpaired) electrons. The van der Waals surface area contributed by atoms with Crippen LogP contribution in [0.3, 0.4) is 0 Å². The van der Waals surface area contributed by atoms with Crippen molar-refractivity contribution in [2.24, 2.45) is 0 Å². The van der Waals surface area contributed by atoms with Crippen LogP contribution >= 0.6 is 0 Å². The van der Waals surface area contributed by atoms with Gasteiger partial charge in [-0.3, -0.25) is 4.79 Å². The summed E-state index contributed by atoms with van der Waals surface area (Å²) in [6.45, 7) is 1.37. The van der Waals surface area contributed by atoms with Crippen molar-refractivity contribution in [3.63, 3.8) is 0 Å². The predicted molar refractivity (Wildman–Crippen MR) is 53.0 cm³/mol. The van der Waals surface area contributed by atoms with Crippen molar-refractivity contribution >= 4 is 22.8 Å². The van der Waals surface area contributed by atoms with Gasteiger partial charge in [0.15, 0.2) is 0 Å². The van der Waals surface area contributed by atoms with Crippen LogP contribution in [0.4, 0.5) is 0 Å². The minimum absolute atomic E-state index is 0.153. The van der Waals surface area contributed by atoms with Crippen LogP contribution in [-0.2, 0) is 0 Å². The Morgan fingerprint density at radius 1 is 1.40 bits per heavy atom. The highest BCUT2D eigenvalue weighted by atomic mass is 16.4. The van der Waals surface area contributed by atoms with Crippen LogP contribution in [0.25, 0.3) is 10.9 Å². The first kappa shape index (κ1) is 9.39. The molecule has 2 rings (SSSR count). The van der Waals surface area contributed by atoms with E-state index in [1.807, 2.05) is 0 Å². The number of aromatic nitrogens is 2. The molecule has 0 amide bonds. The van der Waals surface area contributed by atoms with Crippen LogP contribution in [0.2, 0.25) is 0 Å². The Morgan fingerprint density at radius 3 is 2.73 bits per heavy atom. The number of benzene rings is 1. The maximum absolute atomic E-state index is 11.2. The molecule has 15 heavy (non-hydrogen) atoms. The van der Waals surface area contributed by atoms with Gasteiger partial charge in [-0.05, 0) is 12.1 Å². The Bertz CT molecular complexity index is 557. The summed E-state index contributed by atoms with van der Waals surface area (Å²) in [5.41, 5.74) is 0.669. The zero-order valence-electron chi connectivity index (χ0n) is 7.97. The number of hydrogen-bond acceptors (Lipinski definition) is 3. The number of carbonyl (C=O) groups is 2. The monoisotopic (exact) mass is 204 g/mol. The number of fused-ring (bicyclic) bond motifs is 1. The molecule has 0 aliphatic heterocycles. The highest BCUT2D eigenvalue weighted by Gasteiger charge is 2.12. The lowest BCUT2D eigenvalue weighted by atomic mass is 10.1. The molecule has 0 aliphatic carbocycles. The van der Waals surface area contributed by atoms with E-state index in [0.29, 0.717) is 10.9 Å². The molecular formula is C10H8N2O3. The number of hydrogen-bond donors (Lipinski definition) is 1. The van der Waals surface area contributed by atoms with Crippen molar-refractivity contribution < 1.29 is 14.7 Å². The molecule has 0 saturated carbocycles. The van der Waals surface area contributed by atoms with Gasteiger partial charge in [0.2, 0.25) is 5.91 Å². The molecule has 76 valence electrons. The van der Waals surface area contributed by atoms with Gasteiger partial charge in [-0.2, -0.15) is 5.10 Å². The number of nitrogens with zero attached hydrogens (tertiary/aromatic N) is 2. The van der Waals surface area contributed by atoms with Crippen molar-refractivity contribution in [3.8, 4) is 0 Å². The van der Waals surface area contributed by atoms with E-state index in [4.69, 9.17) is 5.11 Å². The van der Waals surface area contributed by atoms with Gasteiger partial charge in [0, 0.05) is 12.3 Å². The number of rotatable bonds is 1. The fourth-order valence-electron chi connectivity index (χ4n) is 1.49. The lowest BCUT2D eigenvalue weighted by Gasteiger charge is -1.98. The molecule has 0 atom stereocenters. The van der Waals surface area contributed by atoms with E-state index >= 15 is 0 Å². The van der Waals surface area contributed by atoms with E-state index in [1.165, 1.54) is 23.9 Å². The van der Waals surface area contributed by atoms with Crippen molar-refractivity contribution in [1.82, 2.24) is 9.78 Å². The number of carboxylic acids is 1. The lowest BCUT2D eigenvalue weighted by Crippen LogP contribution is -2.06. The Balaban J connectivity index is 2.80. The maximum Gasteiger partial charge on any atom is 0.336 e. The van der Waals surface area contributed by atoms with E-state index in [1.54, 1.807) is 12.1 Å². The van der Waals surface area contributed by atoms with Crippen molar-refractivity contribution in [3.05, 3.63) is 30.0 Å². The molecule has 0 fully saturated rings. The molecule has 0 bridgehead atoms. The van der Waals surface area contributed by atoms with Gasteiger partial charge in [-0.25, -0.2) is 9.48 Å². The molecular weight excluding hydrogens is 196 g/mol. The van der Waals surface area contributed by atoms with Crippen LogP contribution in [0.5, 0.6) is 0 Å². The molecule has 1 heterocycles. The molecule has 0 saturated heterocycles. The van der Waals surface area contributed by atoms with E-state index < -0.39 is 5.97 Å². The molecule has 1 aromatic carbocycles. The second-order valence-corrected chi connectivity index (χ2v) is 3.12. The third-order valence-electron chi connectivity index (χ3n) is 2.14. The van der Waals surface area contributed by atoms with Gasteiger partial charge in [0.05, 0.1) is 17.3 Å². The van der Waals surface area contributed by atoms with Crippen LogP contribution < -0.4 is 0 Å². The zero-order chi connectivity index (χ0) is 11.0. The molecule has 1 N–H and O–H groups in total. The Hall–Kier alpha value is -2.17. The summed E-state index contributed by atoms with van der Waals surface area (Å²) in [6, 6.07) is 4.74. The Morgan fingerprint density at radius 2 is 2.13 bits per heavy atom. The molecule has 1 aromatic heterocycles. The second-order valence-electron chi connectivity index (χ2n) is 3.12. The fourth-order valence-corrected chi connectivity index (χ4v) is 1.49. The topological polar surface area (TPSA) is 72.2 Å². The minimum atomic E-state index is -1.02. The first-order valence-corrected chi connectivity index (χ1v) is 4.32. The van der Waals surface area contributed by atoms with Crippen LogP contribution in [-0.4, -0.2) is 26.8 Å². The summed E-state index contributed by atoms with van der Waals surface area (Å²) in [5, 5.41) is 13.2. The lowest BCUT2D eigenvalue weighted by molar-refractivity contribution is 0.0698. The fraction of sp³-hybridized carbons (Fsp3) is 0.100. The second kappa shape index (κ2) is 3.20. The Kier molecular flexibility index (Phi) is 2.00. The summed E-state index contributed by atoms with van der Waals surface area (Å²) < 4.78 is 1.18. The molecule has 5 heteroatoms. The van der Waals surface area contributed by atoms with Crippen molar-refractivity contribution in [2.45, 2.75) is 6.92 Å².